The van der Waals surface area contributed by atoms with E-state index in [0.29, 0.717) is 18.1 Å². The number of benzene rings is 1. The molecule has 0 unspecified atom stereocenters. The summed E-state index contributed by atoms with van der Waals surface area (Å²) in [7, 11) is 0. The Hall–Kier alpha value is -1.03. The van der Waals surface area contributed by atoms with E-state index in [9.17, 15) is 0 Å². The average molecular weight is 326 g/mol. The van der Waals surface area contributed by atoms with E-state index < -0.39 is 0 Å². The topological polar surface area (TPSA) is 43.8 Å². The third-order valence-electron chi connectivity index (χ3n) is 3.64. The quantitative estimate of drug-likeness (QED) is 0.876. The lowest BCUT2D eigenvalue weighted by Crippen LogP contribution is -2.09. The highest BCUT2D eigenvalue weighted by atomic mass is 35.5. The van der Waals surface area contributed by atoms with Crippen LogP contribution in [0.5, 0.6) is 0 Å². The predicted molar refractivity (Wildman–Crippen MR) is 89.3 cm³/mol. The Labute approximate surface area is 136 Å². The van der Waals surface area contributed by atoms with Crippen LogP contribution in [0.3, 0.4) is 0 Å². The minimum Gasteiger partial charge on any atom is -0.330 e. The van der Waals surface area contributed by atoms with Gasteiger partial charge in [0.05, 0.1) is 12.2 Å². The summed E-state index contributed by atoms with van der Waals surface area (Å²) in [5, 5.41) is 6.15. The minimum absolute atomic E-state index is 0.639. The number of halogens is 2. The lowest BCUT2D eigenvalue weighted by atomic mass is 10.1. The van der Waals surface area contributed by atoms with Gasteiger partial charge in [0.2, 0.25) is 0 Å². The minimum atomic E-state index is 0.639. The van der Waals surface area contributed by atoms with E-state index in [2.05, 4.69) is 13.8 Å². The zero-order valence-corrected chi connectivity index (χ0v) is 14.0. The van der Waals surface area contributed by atoms with Crippen molar-refractivity contribution in [2.45, 2.75) is 39.7 Å². The molecule has 0 aliphatic rings. The van der Waals surface area contributed by atoms with Crippen molar-refractivity contribution < 1.29 is 0 Å². The third-order valence-corrected chi connectivity index (χ3v) is 4.25. The Bertz CT molecular complexity index is 620. The highest BCUT2D eigenvalue weighted by molar-refractivity contribution is 6.33. The zero-order valence-electron chi connectivity index (χ0n) is 12.5. The summed E-state index contributed by atoms with van der Waals surface area (Å²) >= 11 is 12.3. The van der Waals surface area contributed by atoms with E-state index in [-0.39, 0.29) is 0 Å². The summed E-state index contributed by atoms with van der Waals surface area (Å²) < 4.78 is 2.04. The maximum atomic E-state index is 6.26. The van der Waals surface area contributed by atoms with Gasteiger partial charge in [-0.05, 0) is 55.1 Å². The summed E-state index contributed by atoms with van der Waals surface area (Å²) in [4.78, 5) is 0. The van der Waals surface area contributed by atoms with Gasteiger partial charge in [0.15, 0.2) is 0 Å². The molecule has 2 aromatic rings. The molecule has 0 aliphatic heterocycles. The van der Waals surface area contributed by atoms with Gasteiger partial charge in [0.1, 0.15) is 0 Å². The Balaban J connectivity index is 2.41. The Morgan fingerprint density at radius 2 is 1.95 bits per heavy atom. The van der Waals surface area contributed by atoms with E-state index in [1.807, 2.05) is 16.8 Å². The second-order valence-electron chi connectivity index (χ2n) is 5.01. The lowest BCUT2D eigenvalue weighted by molar-refractivity contribution is 0.639. The van der Waals surface area contributed by atoms with Crippen molar-refractivity contribution >= 4 is 23.2 Å². The fourth-order valence-electron chi connectivity index (χ4n) is 2.66. The number of hydrogen-bond donors (Lipinski definition) is 1. The molecule has 2 N–H and O–H groups in total. The number of aryl methyl sites for hydroxylation is 1. The molecule has 0 atom stereocenters. The molecule has 0 aliphatic carbocycles. The Morgan fingerprint density at radius 1 is 1.19 bits per heavy atom. The van der Waals surface area contributed by atoms with E-state index >= 15 is 0 Å². The van der Waals surface area contributed by atoms with Crippen LogP contribution in [0.15, 0.2) is 18.2 Å². The van der Waals surface area contributed by atoms with Crippen molar-refractivity contribution in [2.24, 2.45) is 5.73 Å². The number of rotatable bonds is 6. The van der Waals surface area contributed by atoms with Crippen molar-refractivity contribution in [3.63, 3.8) is 0 Å². The maximum absolute atomic E-state index is 6.26. The van der Waals surface area contributed by atoms with Crippen LogP contribution < -0.4 is 5.73 Å². The predicted octanol–water partition coefficient (Wildman–Crippen LogP) is 3.86. The van der Waals surface area contributed by atoms with Gasteiger partial charge in [-0.3, -0.25) is 4.68 Å². The summed E-state index contributed by atoms with van der Waals surface area (Å²) in [6.07, 6.45) is 2.72. The van der Waals surface area contributed by atoms with E-state index in [0.717, 1.165) is 35.5 Å². The van der Waals surface area contributed by atoms with Crippen LogP contribution in [-0.2, 0) is 25.8 Å². The molecular formula is C16H21Cl2N3. The normalized spacial score (nSPS) is 11.1. The fraction of sp³-hybridized carbons (Fsp3) is 0.438. The Kier molecular flexibility index (Phi) is 5.68. The molecule has 21 heavy (non-hydrogen) atoms. The summed E-state index contributed by atoms with van der Waals surface area (Å²) in [6, 6.07) is 5.53. The number of hydrogen-bond acceptors (Lipinski definition) is 2. The van der Waals surface area contributed by atoms with Crippen LogP contribution in [0.2, 0.25) is 10.0 Å². The molecule has 1 aromatic heterocycles. The van der Waals surface area contributed by atoms with Gasteiger partial charge in [0.25, 0.3) is 0 Å². The first kappa shape index (κ1) is 16.3. The molecule has 0 amide bonds. The second kappa shape index (κ2) is 7.30. The summed E-state index contributed by atoms with van der Waals surface area (Å²) in [6.45, 7) is 5.55. The summed E-state index contributed by atoms with van der Waals surface area (Å²) in [5.74, 6) is 0. The molecule has 0 saturated heterocycles. The summed E-state index contributed by atoms with van der Waals surface area (Å²) in [5.41, 5.74) is 10.4. The van der Waals surface area contributed by atoms with Gasteiger partial charge in [-0.25, -0.2) is 0 Å². The van der Waals surface area contributed by atoms with Gasteiger partial charge < -0.3 is 5.73 Å². The number of nitrogens with zero attached hydrogens (tertiary/aromatic N) is 2. The fourth-order valence-corrected chi connectivity index (χ4v) is 3.03. The molecule has 1 aromatic carbocycles. The number of aromatic nitrogens is 2. The first-order chi connectivity index (χ1) is 10.1. The van der Waals surface area contributed by atoms with E-state index in [4.69, 9.17) is 34.0 Å². The molecule has 0 spiro atoms. The molecule has 0 radical (unpaired) electrons. The molecule has 3 nitrogen and oxygen atoms in total. The molecule has 5 heteroatoms. The van der Waals surface area contributed by atoms with Crippen molar-refractivity contribution in [2.75, 3.05) is 6.54 Å². The van der Waals surface area contributed by atoms with Crippen LogP contribution in [0.25, 0.3) is 0 Å². The van der Waals surface area contributed by atoms with Crippen molar-refractivity contribution in [1.29, 1.82) is 0 Å². The molecule has 0 bridgehead atoms. The van der Waals surface area contributed by atoms with Gasteiger partial charge in [-0.15, -0.1) is 0 Å². The largest absolute Gasteiger partial charge is 0.330 e. The van der Waals surface area contributed by atoms with E-state index in [1.165, 1.54) is 11.3 Å². The van der Waals surface area contributed by atoms with Gasteiger partial charge in [0, 0.05) is 15.7 Å². The monoisotopic (exact) mass is 325 g/mol. The van der Waals surface area contributed by atoms with Gasteiger partial charge >= 0.3 is 0 Å². The zero-order chi connectivity index (χ0) is 15.4. The number of nitrogens with two attached hydrogens (primary N) is 1. The average Bonchev–Trinajstić information content (AvgIpc) is 2.80. The van der Waals surface area contributed by atoms with Crippen LogP contribution in [0.1, 0.15) is 36.4 Å². The molecule has 2 rings (SSSR count). The van der Waals surface area contributed by atoms with Crippen LogP contribution in [0, 0.1) is 0 Å². The lowest BCUT2D eigenvalue weighted by Gasteiger charge is -2.09. The highest BCUT2D eigenvalue weighted by Gasteiger charge is 2.15. The van der Waals surface area contributed by atoms with Crippen molar-refractivity contribution in [3.05, 3.63) is 50.8 Å². The molecule has 1 heterocycles. The third kappa shape index (κ3) is 3.60. The first-order valence-electron chi connectivity index (χ1n) is 7.32. The van der Waals surface area contributed by atoms with Crippen LogP contribution >= 0.6 is 23.2 Å². The maximum Gasteiger partial charge on any atom is 0.0677 e. The Morgan fingerprint density at radius 3 is 2.57 bits per heavy atom. The SMILES string of the molecule is CCc1nn(Cc2cc(Cl)ccc2Cl)c(CC)c1CCN. The second-order valence-corrected chi connectivity index (χ2v) is 5.85. The van der Waals surface area contributed by atoms with Crippen LogP contribution in [-0.4, -0.2) is 16.3 Å². The first-order valence-corrected chi connectivity index (χ1v) is 8.07. The standard InChI is InChI=1S/C16H21Cl2N3/c1-3-15-13(7-8-19)16(4-2)21(20-15)10-11-9-12(17)5-6-14(11)18/h5-6,9H,3-4,7-8,10,19H2,1-2H3. The van der Waals surface area contributed by atoms with Crippen molar-refractivity contribution in [3.8, 4) is 0 Å². The highest BCUT2D eigenvalue weighted by Crippen LogP contribution is 2.24. The van der Waals surface area contributed by atoms with Crippen molar-refractivity contribution in [1.82, 2.24) is 9.78 Å². The molecule has 114 valence electrons. The smallest absolute Gasteiger partial charge is 0.0677 e. The van der Waals surface area contributed by atoms with Gasteiger partial charge in [-0.2, -0.15) is 5.10 Å². The van der Waals surface area contributed by atoms with E-state index in [1.54, 1.807) is 6.07 Å². The molecule has 0 fully saturated rings. The van der Waals surface area contributed by atoms with Crippen LogP contribution in [0.4, 0.5) is 0 Å². The van der Waals surface area contributed by atoms with Gasteiger partial charge in [-0.1, -0.05) is 37.0 Å². The molecule has 0 saturated carbocycles. The molecular weight excluding hydrogens is 305 g/mol.